The maximum Gasteiger partial charge on any atom is 0.202 e. The number of nitrogen functional groups attached to an aromatic ring is 1. The van der Waals surface area contributed by atoms with E-state index in [4.69, 9.17) is 28.9 Å². The van der Waals surface area contributed by atoms with Crippen LogP contribution in [0.4, 0.5) is 10.2 Å². The summed E-state index contributed by atoms with van der Waals surface area (Å²) >= 11 is 12.7. The van der Waals surface area contributed by atoms with Crippen LogP contribution in [-0.4, -0.2) is 15.0 Å². The fraction of sp³-hybridized carbons (Fsp3) is 0.100. The van der Waals surface area contributed by atoms with Crippen molar-refractivity contribution in [2.75, 3.05) is 5.73 Å². The Morgan fingerprint density at radius 3 is 2.78 bits per heavy atom. The summed E-state index contributed by atoms with van der Waals surface area (Å²) in [4.78, 5) is 11.7. The monoisotopic (exact) mass is 304 g/mol. The van der Waals surface area contributed by atoms with E-state index in [-0.39, 0.29) is 16.1 Å². The van der Waals surface area contributed by atoms with Crippen molar-refractivity contribution in [1.29, 1.82) is 0 Å². The molecule has 2 heterocycles. The largest absolute Gasteiger partial charge is 0.381 e. The summed E-state index contributed by atoms with van der Waals surface area (Å²) in [7, 11) is 0. The van der Waals surface area contributed by atoms with Crippen molar-refractivity contribution in [3.05, 3.63) is 40.0 Å². The van der Waals surface area contributed by atoms with E-state index in [2.05, 4.69) is 15.0 Å². The zero-order valence-electron chi connectivity index (χ0n) is 8.90. The lowest BCUT2D eigenvalue weighted by molar-refractivity contribution is 0.613. The van der Waals surface area contributed by atoms with Crippen LogP contribution in [0.5, 0.6) is 0 Å². The third kappa shape index (κ3) is 3.01. The molecule has 8 heteroatoms. The molecule has 0 aliphatic heterocycles. The van der Waals surface area contributed by atoms with E-state index in [0.29, 0.717) is 16.5 Å². The highest BCUT2D eigenvalue weighted by Crippen LogP contribution is 2.26. The zero-order chi connectivity index (χ0) is 13.1. The quantitative estimate of drug-likeness (QED) is 0.536. The number of halogens is 3. The Morgan fingerprint density at radius 2 is 2.11 bits per heavy atom. The Balaban J connectivity index is 2.14. The molecule has 2 N–H and O–H groups in total. The zero-order valence-corrected chi connectivity index (χ0v) is 11.2. The Labute approximate surface area is 117 Å². The Morgan fingerprint density at radius 1 is 1.33 bits per heavy atom. The van der Waals surface area contributed by atoms with Crippen molar-refractivity contribution in [2.45, 2.75) is 10.9 Å². The van der Waals surface area contributed by atoms with Gasteiger partial charge in [-0.05, 0) is 12.1 Å². The fourth-order valence-electron chi connectivity index (χ4n) is 1.14. The number of nitrogens with zero attached hydrogens (tertiary/aromatic N) is 3. The minimum Gasteiger partial charge on any atom is -0.381 e. The second kappa shape index (κ2) is 5.69. The predicted molar refractivity (Wildman–Crippen MR) is 70.2 cm³/mol. The smallest absolute Gasteiger partial charge is 0.202 e. The van der Waals surface area contributed by atoms with Crippen LogP contribution in [0.1, 0.15) is 5.69 Å². The molecule has 0 unspecified atom stereocenters. The van der Waals surface area contributed by atoms with Crippen molar-refractivity contribution in [2.24, 2.45) is 0 Å². The van der Waals surface area contributed by atoms with E-state index in [1.54, 1.807) is 18.3 Å². The predicted octanol–water partition coefficient (Wildman–Crippen LogP) is 3.19. The molecule has 0 saturated carbocycles. The lowest BCUT2D eigenvalue weighted by atomic mass is 10.4. The molecular weight excluding hydrogens is 298 g/mol. The van der Waals surface area contributed by atoms with Crippen LogP contribution in [0.3, 0.4) is 0 Å². The Bertz CT molecular complexity index is 559. The van der Waals surface area contributed by atoms with Crippen molar-refractivity contribution in [1.82, 2.24) is 15.0 Å². The van der Waals surface area contributed by atoms with Crippen LogP contribution >= 0.6 is 35.0 Å². The molecule has 0 spiro atoms. The summed E-state index contributed by atoms with van der Waals surface area (Å²) in [5.74, 6) is -0.636. The lowest BCUT2D eigenvalue weighted by Gasteiger charge is -2.04. The number of hydrogen-bond donors (Lipinski definition) is 1. The molecular formula is C10H7Cl2FN4S. The highest BCUT2D eigenvalue weighted by Gasteiger charge is 2.11. The molecule has 0 fully saturated rings. The third-order valence-corrected chi connectivity index (χ3v) is 3.44. The van der Waals surface area contributed by atoms with Gasteiger partial charge in [0.05, 0.1) is 10.7 Å². The van der Waals surface area contributed by atoms with Crippen molar-refractivity contribution >= 4 is 40.8 Å². The maximum absolute atomic E-state index is 13.1. The van der Waals surface area contributed by atoms with Gasteiger partial charge in [-0.1, -0.05) is 35.0 Å². The van der Waals surface area contributed by atoms with Gasteiger partial charge in [0.2, 0.25) is 5.82 Å². The molecule has 0 amide bonds. The number of hydrogen-bond acceptors (Lipinski definition) is 5. The number of thioether (sulfide) groups is 1. The second-order valence-electron chi connectivity index (χ2n) is 3.22. The Kier molecular flexibility index (Phi) is 4.21. The molecule has 0 radical (unpaired) electrons. The van der Waals surface area contributed by atoms with Crippen molar-refractivity contribution < 1.29 is 4.39 Å². The summed E-state index contributed by atoms with van der Waals surface area (Å²) in [5, 5.41) is 0.531. The van der Waals surface area contributed by atoms with Crippen LogP contribution in [0.2, 0.25) is 10.2 Å². The van der Waals surface area contributed by atoms with E-state index in [0.717, 1.165) is 0 Å². The van der Waals surface area contributed by atoms with E-state index >= 15 is 0 Å². The molecule has 2 aromatic rings. The molecule has 94 valence electrons. The molecule has 0 atom stereocenters. The number of aromatic nitrogens is 3. The summed E-state index contributed by atoms with van der Waals surface area (Å²) in [5.41, 5.74) is 6.04. The van der Waals surface area contributed by atoms with Gasteiger partial charge in [0.1, 0.15) is 0 Å². The summed E-state index contributed by atoms with van der Waals surface area (Å²) in [6.45, 7) is 0. The van der Waals surface area contributed by atoms with E-state index < -0.39 is 5.82 Å². The van der Waals surface area contributed by atoms with Gasteiger partial charge in [0.15, 0.2) is 16.1 Å². The van der Waals surface area contributed by atoms with Gasteiger partial charge >= 0.3 is 0 Å². The third-order valence-electron chi connectivity index (χ3n) is 1.99. The normalized spacial score (nSPS) is 10.6. The van der Waals surface area contributed by atoms with Crippen LogP contribution in [0.25, 0.3) is 0 Å². The first-order chi connectivity index (χ1) is 8.58. The highest BCUT2D eigenvalue weighted by molar-refractivity contribution is 7.98. The topological polar surface area (TPSA) is 64.7 Å². The van der Waals surface area contributed by atoms with Crippen molar-refractivity contribution in [3.8, 4) is 0 Å². The number of anilines is 1. The molecule has 2 aromatic heterocycles. The highest BCUT2D eigenvalue weighted by atomic mass is 35.5. The summed E-state index contributed by atoms with van der Waals surface area (Å²) in [6.07, 6.45) is 1.63. The first-order valence-corrected chi connectivity index (χ1v) is 6.53. The lowest BCUT2D eigenvalue weighted by Crippen LogP contribution is -2.00. The van der Waals surface area contributed by atoms with E-state index in [1.807, 2.05) is 0 Å². The fourth-order valence-corrected chi connectivity index (χ4v) is 2.45. The number of nitrogens with two attached hydrogens (primary N) is 1. The number of pyridine rings is 1. The van der Waals surface area contributed by atoms with Gasteiger partial charge in [0, 0.05) is 11.9 Å². The summed E-state index contributed by atoms with van der Waals surface area (Å²) < 4.78 is 13.1. The molecule has 2 rings (SSSR count). The van der Waals surface area contributed by atoms with Crippen LogP contribution < -0.4 is 5.73 Å². The van der Waals surface area contributed by atoms with Gasteiger partial charge in [-0.25, -0.2) is 9.97 Å². The molecule has 0 aliphatic rings. The van der Waals surface area contributed by atoms with Crippen LogP contribution in [0, 0.1) is 5.82 Å². The van der Waals surface area contributed by atoms with Gasteiger partial charge in [-0.15, -0.1) is 0 Å². The molecule has 0 aliphatic carbocycles. The van der Waals surface area contributed by atoms with Gasteiger partial charge in [-0.2, -0.15) is 4.39 Å². The summed E-state index contributed by atoms with van der Waals surface area (Å²) in [6, 6.07) is 3.47. The van der Waals surface area contributed by atoms with E-state index in [1.165, 1.54) is 11.8 Å². The van der Waals surface area contributed by atoms with Gasteiger partial charge < -0.3 is 5.73 Å². The first-order valence-electron chi connectivity index (χ1n) is 4.78. The van der Waals surface area contributed by atoms with Gasteiger partial charge in [-0.3, -0.25) is 4.98 Å². The first kappa shape index (κ1) is 13.3. The molecule has 0 aromatic carbocycles. The van der Waals surface area contributed by atoms with Crippen LogP contribution in [0.15, 0.2) is 23.5 Å². The SMILES string of the molecule is Nc1nc(SCc2ncccc2Cl)nc(Cl)c1F. The molecule has 0 saturated heterocycles. The Hall–Kier alpha value is -1.11. The minimum absolute atomic E-state index is 0.274. The average Bonchev–Trinajstić information content (AvgIpc) is 2.35. The van der Waals surface area contributed by atoms with Crippen LogP contribution in [-0.2, 0) is 5.75 Å². The second-order valence-corrected chi connectivity index (χ2v) is 4.92. The molecule has 4 nitrogen and oxygen atoms in total. The standard InChI is InChI=1S/C10H7Cl2FN4S/c11-5-2-1-3-15-6(5)4-18-10-16-8(12)7(13)9(14)17-10/h1-3H,4H2,(H2,14,16,17). The minimum atomic E-state index is -0.808. The molecule has 0 bridgehead atoms. The van der Waals surface area contributed by atoms with E-state index in [9.17, 15) is 4.39 Å². The van der Waals surface area contributed by atoms with Crippen molar-refractivity contribution in [3.63, 3.8) is 0 Å². The maximum atomic E-state index is 13.1. The average molecular weight is 305 g/mol. The number of rotatable bonds is 3. The van der Waals surface area contributed by atoms with Gasteiger partial charge in [0.25, 0.3) is 0 Å². The molecule has 18 heavy (non-hydrogen) atoms.